The zero-order valence-corrected chi connectivity index (χ0v) is 10.0. The van der Waals surface area contributed by atoms with E-state index in [2.05, 4.69) is 10.6 Å². The van der Waals surface area contributed by atoms with Gasteiger partial charge in [0.05, 0.1) is 5.60 Å². The summed E-state index contributed by atoms with van der Waals surface area (Å²) in [6, 6.07) is 0. The average molecular weight is 226 g/mol. The van der Waals surface area contributed by atoms with E-state index in [-0.39, 0.29) is 11.3 Å². The summed E-state index contributed by atoms with van der Waals surface area (Å²) in [5, 5.41) is 16.1. The highest BCUT2D eigenvalue weighted by atomic mass is 16.3. The van der Waals surface area contributed by atoms with E-state index in [1.54, 1.807) is 0 Å². The van der Waals surface area contributed by atoms with Gasteiger partial charge in [-0.3, -0.25) is 4.79 Å². The molecule has 3 N–H and O–H groups in total. The molecule has 4 heteroatoms. The van der Waals surface area contributed by atoms with Gasteiger partial charge in [0.2, 0.25) is 5.91 Å². The van der Waals surface area contributed by atoms with Crippen molar-refractivity contribution in [3.63, 3.8) is 0 Å². The summed E-state index contributed by atoms with van der Waals surface area (Å²) >= 11 is 0. The van der Waals surface area contributed by atoms with E-state index in [1.807, 2.05) is 6.92 Å². The summed E-state index contributed by atoms with van der Waals surface area (Å²) in [6.45, 7) is 4.27. The number of carbonyl (C=O) groups excluding carboxylic acids is 1. The third-order valence-corrected chi connectivity index (χ3v) is 4.12. The van der Waals surface area contributed by atoms with Crippen LogP contribution in [0.1, 0.15) is 39.0 Å². The Balaban J connectivity index is 1.82. The van der Waals surface area contributed by atoms with E-state index in [4.69, 9.17) is 0 Å². The van der Waals surface area contributed by atoms with Crippen molar-refractivity contribution in [2.24, 2.45) is 5.41 Å². The maximum atomic E-state index is 12.1. The van der Waals surface area contributed by atoms with Gasteiger partial charge in [0.1, 0.15) is 0 Å². The molecule has 2 fully saturated rings. The summed E-state index contributed by atoms with van der Waals surface area (Å²) in [5.41, 5.74) is -0.857. The van der Waals surface area contributed by atoms with Crippen LogP contribution in [-0.4, -0.2) is 36.2 Å². The Bertz CT molecular complexity index is 268. The fourth-order valence-corrected chi connectivity index (χ4v) is 2.43. The van der Waals surface area contributed by atoms with Crippen LogP contribution in [0.2, 0.25) is 0 Å². The summed E-state index contributed by atoms with van der Waals surface area (Å²) in [6.07, 6.45) is 4.50. The Labute approximate surface area is 96.8 Å². The molecule has 1 saturated carbocycles. The van der Waals surface area contributed by atoms with Gasteiger partial charge in [0.15, 0.2) is 0 Å². The van der Waals surface area contributed by atoms with Crippen LogP contribution in [0.25, 0.3) is 0 Å². The molecule has 92 valence electrons. The lowest BCUT2D eigenvalue weighted by Gasteiger charge is -2.38. The van der Waals surface area contributed by atoms with Gasteiger partial charge < -0.3 is 15.7 Å². The number of nitrogens with one attached hydrogen (secondary N) is 2. The molecule has 0 bridgehead atoms. The number of amides is 1. The van der Waals surface area contributed by atoms with E-state index >= 15 is 0 Å². The SMILES string of the molecule is CC1(C(=O)NCC2(O)CCC2)CCNCC1. The molecule has 0 aromatic rings. The molecule has 2 rings (SSSR count). The van der Waals surface area contributed by atoms with Gasteiger partial charge in [-0.2, -0.15) is 0 Å². The van der Waals surface area contributed by atoms with Gasteiger partial charge >= 0.3 is 0 Å². The third-order valence-electron chi connectivity index (χ3n) is 4.12. The van der Waals surface area contributed by atoms with Crippen molar-refractivity contribution in [3.8, 4) is 0 Å². The second-order valence-electron chi connectivity index (χ2n) is 5.57. The van der Waals surface area contributed by atoms with Crippen molar-refractivity contribution in [3.05, 3.63) is 0 Å². The molecule has 0 aromatic heterocycles. The lowest BCUT2D eigenvalue weighted by atomic mass is 9.78. The number of piperidine rings is 1. The standard InChI is InChI=1S/C12H22N2O2/c1-11(5-7-13-8-6-11)10(15)14-9-12(16)3-2-4-12/h13,16H,2-9H2,1H3,(H,14,15). The first-order chi connectivity index (χ1) is 7.54. The molecule has 2 aliphatic rings. The van der Waals surface area contributed by atoms with Crippen molar-refractivity contribution in [1.29, 1.82) is 0 Å². The molecule has 0 spiro atoms. The minimum atomic E-state index is -0.612. The summed E-state index contributed by atoms with van der Waals surface area (Å²) in [5.74, 6) is 0.106. The largest absolute Gasteiger partial charge is 0.388 e. The molecule has 1 saturated heterocycles. The fourth-order valence-electron chi connectivity index (χ4n) is 2.43. The lowest BCUT2D eigenvalue weighted by Crippen LogP contribution is -2.52. The first-order valence-corrected chi connectivity index (χ1v) is 6.26. The monoisotopic (exact) mass is 226 g/mol. The van der Waals surface area contributed by atoms with Gasteiger partial charge in [-0.05, 0) is 45.2 Å². The molecule has 0 aromatic carbocycles. The van der Waals surface area contributed by atoms with Crippen molar-refractivity contribution in [2.45, 2.75) is 44.6 Å². The zero-order chi connectivity index (χ0) is 11.6. The predicted octanol–water partition coefficient (Wildman–Crippen LogP) is 0.407. The van der Waals surface area contributed by atoms with Crippen molar-refractivity contribution in [2.75, 3.05) is 19.6 Å². The Morgan fingerprint density at radius 2 is 1.94 bits per heavy atom. The third kappa shape index (κ3) is 2.38. The minimum Gasteiger partial charge on any atom is -0.388 e. The maximum Gasteiger partial charge on any atom is 0.226 e. The van der Waals surface area contributed by atoms with E-state index in [0.717, 1.165) is 45.2 Å². The second-order valence-corrected chi connectivity index (χ2v) is 5.57. The zero-order valence-electron chi connectivity index (χ0n) is 10.0. The molecular weight excluding hydrogens is 204 g/mol. The van der Waals surface area contributed by atoms with Crippen LogP contribution in [0, 0.1) is 5.41 Å². The van der Waals surface area contributed by atoms with Crippen molar-refractivity contribution in [1.82, 2.24) is 10.6 Å². The number of carbonyl (C=O) groups is 1. The summed E-state index contributed by atoms with van der Waals surface area (Å²) in [4.78, 5) is 12.1. The molecule has 4 nitrogen and oxygen atoms in total. The van der Waals surface area contributed by atoms with Crippen LogP contribution < -0.4 is 10.6 Å². The maximum absolute atomic E-state index is 12.1. The molecule has 1 aliphatic carbocycles. The van der Waals surface area contributed by atoms with Crippen LogP contribution in [-0.2, 0) is 4.79 Å². The normalized spacial score (nSPS) is 26.9. The molecule has 1 aliphatic heterocycles. The summed E-state index contributed by atoms with van der Waals surface area (Å²) in [7, 11) is 0. The Kier molecular flexibility index (Phi) is 3.22. The molecule has 1 amide bonds. The number of rotatable bonds is 3. The Morgan fingerprint density at radius 3 is 2.44 bits per heavy atom. The van der Waals surface area contributed by atoms with Gasteiger partial charge in [-0.25, -0.2) is 0 Å². The highest BCUT2D eigenvalue weighted by Gasteiger charge is 2.38. The minimum absolute atomic E-state index is 0.106. The van der Waals surface area contributed by atoms with Gasteiger partial charge in [-0.1, -0.05) is 6.92 Å². The molecular formula is C12H22N2O2. The number of aliphatic hydroxyl groups is 1. The number of hydrogen-bond donors (Lipinski definition) is 3. The van der Waals surface area contributed by atoms with Crippen LogP contribution in [0.4, 0.5) is 0 Å². The highest BCUT2D eigenvalue weighted by molar-refractivity contribution is 5.82. The molecule has 0 radical (unpaired) electrons. The molecule has 1 heterocycles. The van der Waals surface area contributed by atoms with Crippen molar-refractivity contribution < 1.29 is 9.90 Å². The number of hydrogen-bond acceptors (Lipinski definition) is 3. The summed E-state index contributed by atoms with van der Waals surface area (Å²) < 4.78 is 0. The average Bonchev–Trinajstić information content (AvgIpc) is 2.24. The first-order valence-electron chi connectivity index (χ1n) is 6.26. The lowest BCUT2D eigenvalue weighted by molar-refractivity contribution is -0.133. The fraction of sp³-hybridized carbons (Fsp3) is 0.917. The Hall–Kier alpha value is -0.610. The van der Waals surface area contributed by atoms with Gasteiger partial charge in [0, 0.05) is 12.0 Å². The quantitative estimate of drug-likeness (QED) is 0.653. The van der Waals surface area contributed by atoms with Crippen LogP contribution in [0.5, 0.6) is 0 Å². The molecule has 16 heavy (non-hydrogen) atoms. The van der Waals surface area contributed by atoms with E-state index < -0.39 is 5.60 Å². The topological polar surface area (TPSA) is 61.4 Å². The molecule has 0 unspecified atom stereocenters. The highest BCUT2D eigenvalue weighted by Crippen LogP contribution is 2.32. The first kappa shape index (κ1) is 11.9. The van der Waals surface area contributed by atoms with Crippen molar-refractivity contribution >= 4 is 5.91 Å². The van der Waals surface area contributed by atoms with Crippen LogP contribution in [0.3, 0.4) is 0 Å². The second kappa shape index (κ2) is 4.34. The molecule has 0 atom stereocenters. The van der Waals surface area contributed by atoms with Crippen LogP contribution in [0.15, 0.2) is 0 Å². The van der Waals surface area contributed by atoms with Gasteiger partial charge in [-0.15, -0.1) is 0 Å². The van der Waals surface area contributed by atoms with E-state index in [1.165, 1.54) is 0 Å². The van der Waals surface area contributed by atoms with Crippen LogP contribution >= 0.6 is 0 Å². The smallest absolute Gasteiger partial charge is 0.226 e. The van der Waals surface area contributed by atoms with Gasteiger partial charge in [0.25, 0.3) is 0 Å². The predicted molar refractivity (Wildman–Crippen MR) is 62.0 cm³/mol. The van der Waals surface area contributed by atoms with E-state index in [0.29, 0.717) is 6.54 Å². The Morgan fingerprint density at radius 1 is 1.31 bits per heavy atom. The van der Waals surface area contributed by atoms with E-state index in [9.17, 15) is 9.90 Å².